The third-order valence-corrected chi connectivity index (χ3v) is 4.18. The van der Waals surface area contributed by atoms with E-state index in [0.29, 0.717) is 6.61 Å². The first-order valence-electron chi connectivity index (χ1n) is 7.91. The highest BCUT2D eigenvalue weighted by Crippen LogP contribution is 2.36. The number of hydrogen-bond acceptors (Lipinski definition) is 3. The molecule has 0 aliphatic heterocycles. The van der Waals surface area contributed by atoms with Gasteiger partial charge in [0, 0.05) is 5.69 Å². The summed E-state index contributed by atoms with van der Waals surface area (Å²) in [5.74, 6) is 1.51. The van der Waals surface area contributed by atoms with E-state index < -0.39 is 0 Å². The van der Waals surface area contributed by atoms with Crippen LogP contribution in [0.2, 0.25) is 0 Å². The molecular weight excluding hydrogens is 290 g/mol. The van der Waals surface area contributed by atoms with Gasteiger partial charge in [0.25, 0.3) is 0 Å². The second-order valence-electron chi connectivity index (χ2n) is 5.60. The van der Waals surface area contributed by atoms with Crippen LogP contribution in [0, 0.1) is 0 Å². The average molecular weight is 311 g/mol. The molecule has 1 amide bonds. The molecule has 2 aromatic carbocycles. The van der Waals surface area contributed by atoms with Crippen molar-refractivity contribution in [1.82, 2.24) is 0 Å². The summed E-state index contributed by atoms with van der Waals surface area (Å²) in [5.41, 5.74) is 3.10. The van der Waals surface area contributed by atoms with Crippen molar-refractivity contribution in [3.63, 3.8) is 0 Å². The van der Waals surface area contributed by atoms with Crippen LogP contribution in [0.25, 0.3) is 0 Å². The number of carbonyl (C=O) groups is 1. The van der Waals surface area contributed by atoms with Gasteiger partial charge >= 0.3 is 0 Å². The first kappa shape index (κ1) is 15.4. The van der Waals surface area contributed by atoms with E-state index in [4.69, 9.17) is 9.47 Å². The SMILES string of the molecule is CCOc1ccc(NC(=O)C2CCc3ccc(OC)cc32)cc1. The number of anilines is 1. The molecule has 0 saturated carbocycles. The van der Waals surface area contributed by atoms with Gasteiger partial charge in [0.15, 0.2) is 0 Å². The zero-order chi connectivity index (χ0) is 16.2. The van der Waals surface area contributed by atoms with Gasteiger partial charge in [-0.2, -0.15) is 0 Å². The molecule has 1 unspecified atom stereocenters. The molecule has 3 rings (SSSR count). The van der Waals surface area contributed by atoms with Crippen molar-refractivity contribution in [2.24, 2.45) is 0 Å². The van der Waals surface area contributed by atoms with Crippen molar-refractivity contribution in [3.8, 4) is 11.5 Å². The lowest BCUT2D eigenvalue weighted by Gasteiger charge is -2.13. The molecule has 0 saturated heterocycles. The summed E-state index contributed by atoms with van der Waals surface area (Å²) in [6.07, 6.45) is 1.77. The normalized spacial score (nSPS) is 15.8. The van der Waals surface area contributed by atoms with Crippen LogP contribution in [0.3, 0.4) is 0 Å². The summed E-state index contributed by atoms with van der Waals surface area (Å²) in [6, 6.07) is 13.4. The molecule has 23 heavy (non-hydrogen) atoms. The number of benzene rings is 2. The van der Waals surface area contributed by atoms with Crippen LogP contribution in [0.1, 0.15) is 30.4 Å². The lowest BCUT2D eigenvalue weighted by Crippen LogP contribution is -2.19. The number of ether oxygens (including phenoxy) is 2. The van der Waals surface area contributed by atoms with E-state index in [0.717, 1.165) is 35.6 Å². The minimum atomic E-state index is -0.119. The van der Waals surface area contributed by atoms with Gasteiger partial charge in [-0.3, -0.25) is 4.79 Å². The molecule has 1 atom stereocenters. The topological polar surface area (TPSA) is 47.6 Å². The van der Waals surface area contributed by atoms with Crippen LogP contribution >= 0.6 is 0 Å². The van der Waals surface area contributed by atoms with E-state index in [1.54, 1.807) is 7.11 Å². The maximum Gasteiger partial charge on any atom is 0.231 e. The van der Waals surface area contributed by atoms with E-state index in [9.17, 15) is 4.79 Å². The van der Waals surface area contributed by atoms with Crippen LogP contribution in [-0.4, -0.2) is 19.6 Å². The Morgan fingerprint density at radius 3 is 2.61 bits per heavy atom. The molecule has 0 spiro atoms. The predicted molar refractivity (Wildman–Crippen MR) is 90.3 cm³/mol. The second kappa shape index (κ2) is 6.73. The quantitative estimate of drug-likeness (QED) is 0.914. The van der Waals surface area contributed by atoms with Crippen molar-refractivity contribution in [2.75, 3.05) is 19.0 Å². The molecule has 0 heterocycles. The van der Waals surface area contributed by atoms with Crippen molar-refractivity contribution >= 4 is 11.6 Å². The van der Waals surface area contributed by atoms with Crippen molar-refractivity contribution in [3.05, 3.63) is 53.6 Å². The molecule has 1 aliphatic rings. The van der Waals surface area contributed by atoms with Crippen molar-refractivity contribution in [1.29, 1.82) is 0 Å². The van der Waals surface area contributed by atoms with Gasteiger partial charge in [0.05, 0.1) is 19.6 Å². The van der Waals surface area contributed by atoms with E-state index in [1.165, 1.54) is 5.56 Å². The fourth-order valence-electron chi connectivity index (χ4n) is 3.01. The van der Waals surface area contributed by atoms with Crippen LogP contribution in [-0.2, 0) is 11.2 Å². The van der Waals surface area contributed by atoms with E-state index in [1.807, 2.05) is 43.3 Å². The number of nitrogens with one attached hydrogen (secondary N) is 1. The van der Waals surface area contributed by atoms with E-state index in [-0.39, 0.29) is 11.8 Å². The molecule has 0 fully saturated rings. The summed E-state index contributed by atoms with van der Waals surface area (Å²) < 4.78 is 10.7. The minimum Gasteiger partial charge on any atom is -0.497 e. The predicted octanol–water partition coefficient (Wildman–Crippen LogP) is 3.76. The molecule has 4 heteroatoms. The van der Waals surface area contributed by atoms with Gasteiger partial charge in [-0.1, -0.05) is 6.07 Å². The summed E-state index contributed by atoms with van der Waals surface area (Å²) in [7, 11) is 1.64. The fourth-order valence-corrected chi connectivity index (χ4v) is 3.01. The highest BCUT2D eigenvalue weighted by atomic mass is 16.5. The molecule has 0 aromatic heterocycles. The highest BCUT2D eigenvalue weighted by molar-refractivity contribution is 5.96. The summed E-state index contributed by atoms with van der Waals surface area (Å²) in [4.78, 5) is 12.6. The van der Waals surface area contributed by atoms with Crippen LogP contribution in [0.4, 0.5) is 5.69 Å². The summed E-state index contributed by atoms with van der Waals surface area (Å²) >= 11 is 0. The largest absolute Gasteiger partial charge is 0.497 e. The molecule has 0 bridgehead atoms. The van der Waals surface area contributed by atoms with E-state index in [2.05, 4.69) is 11.4 Å². The number of rotatable bonds is 5. The van der Waals surface area contributed by atoms with Crippen LogP contribution in [0.5, 0.6) is 11.5 Å². The van der Waals surface area contributed by atoms with Crippen LogP contribution < -0.4 is 14.8 Å². The number of methoxy groups -OCH3 is 1. The fraction of sp³-hybridized carbons (Fsp3) is 0.316. The molecular formula is C19H21NO3. The van der Waals surface area contributed by atoms with Crippen molar-refractivity contribution in [2.45, 2.75) is 25.7 Å². The number of aryl methyl sites for hydroxylation is 1. The van der Waals surface area contributed by atoms with E-state index >= 15 is 0 Å². The molecule has 4 nitrogen and oxygen atoms in total. The Labute approximate surface area is 136 Å². The van der Waals surface area contributed by atoms with Crippen molar-refractivity contribution < 1.29 is 14.3 Å². The number of fused-ring (bicyclic) bond motifs is 1. The summed E-state index contributed by atoms with van der Waals surface area (Å²) in [5, 5.41) is 3.00. The van der Waals surface area contributed by atoms with Gasteiger partial charge in [0.1, 0.15) is 11.5 Å². The van der Waals surface area contributed by atoms with Crippen LogP contribution in [0.15, 0.2) is 42.5 Å². The smallest absolute Gasteiger partial charge is 0.231 e. The zero-order valence-electron chi connectivity index (χ0n) is 13.5. The second-order valence-corrected chi connectivity index (χ2v) is 5.60. The molecule has 0 radical (unpaired) electrons. The Kier molecular flexibility index (Phi) is 4.51. The highest BCUT2D eigenvalue weighted by Gasteiger charge is 2.29. The number of hydrogen-bond donors (Lipinski definition) is 1. The summed E-state index contributed by atoms with van der Waals surface area (Å²) in [6.45, 7) is 2.58. The lowest BCUT2D eigenvalue weighted by atomic mass is 10.00. The lowest BCUT2D eigenvalue weighted by molar-refractivity contribution is -0.117. The Morgan fingerprint density at radius 1 is 1.17 bits per heavy atom. The first-order valence-corrected chi connectivity index (χ1v) is 7.91. The van der Waals surface area contributed by atoms with Gasteiger partial charge in [-0.15, -0.1) is 0 Å². The average Bonchev–Trinajstić information content (AvgIpc) is 3.00. The first-order chi connectivity index (χ1) is 11.2. The zero-order valence-corrected chi connectivity index (χ0v) is 13.5. The molecule has 1 N–H and O–H groups in total. The number of amides is 1. The van der Waals surface area contributed by atoms with Gasteiger partial charge in [-0.05, 0) is 67.3 Å². The molecule has 1 aliphatic carbocycles. The standard InChI is InChI=1S/C19H21NO3/c1-3-23-15-9-6-14(7-10-15)20-19(21)17-11-5-13-4-8-16(22-2)12-18(13)17/h4,6-10,12,17H,3,5,11H2,1-2H3,(H,20,21). The minimum absolute atomic E-state index is 0.0289. The third kappa shape index (κ3) is 3.31. The Bertz CT molecular complexity index is 694. The monoisotopic (exact) mass is 311 g/mol. The maximum absolute atomic E-state index is 12.6. The molecule has 120 valence electrons. The van der Waals surface area contributed by atoms with Gasteiger partial charge < -0.3 is 14.8 Å². The van der Waals surface area contributed by atoms with Gasteiger partial charge in [0.2, 0.25) is 5.91 Å². The third-order valence-electron chi connectivity index (χ3n) is 4.18. The van der Waals surface area contributed by atoms with Gasteiger partial charge in [-0.25, -0.2) is 0 Å². The Morgan fingerprint density at radius 2 is 1.91 bits per heavy atom. The Balaban J connectivity index is 1.72. The molecule has 2 aromatic rings. The Hall–Kier alpha value is -2.49. The number of carbonyl (C=O) groups excluding carboxylic acids is 1. The maximum atomic E-state index is 12.6.